The number of hydrogen-bond acceptors (Lipinski definition) is 6. The van der Waals surface area contributed by atoms with Crippen LogP contribution >= 0.6 is 22.7 Å². The molecule has 246 valence electrons. The Kier molecular flexibility index (Phi) is 7.27. The Morgan fingerprint density at radius 1 is 0.327 bits per heavy atom. The Morgan fingerprint density at radius 3 is 1.12 bits per heavy atom. The molecule has 0 amide bonds. The summed E-state index contributed by atoms with van der Waals surface area (Å²) in [4.78, 5) is 21.1. The second-order valence-corrected chi connectivity index (χ2v) is 15.5. The molecule has 0 N–H and O–H groups in total. The molecule has 0 atom stereocenters. The average Bonchev–Trinajstić information content (AvgIpc) is 3.84. The number of fused-ring (bicyclic) bond motifs is 4. The number of rotatable bonds is 5. The predicted octanol–water partition coefficient (Wildman–Crippen LogP) is 13.0. The van der Waals surface area contributed by atoms with E-state index in [1.807, 2.05) is 38.6 Å². The molecule has 10 aromatic rings. The zero-order chi connectivity index (χ0) is 34.8. The van der Waals surface area contributed by atoms with Crippen molar-refractivity contribution in [1.82, 2.24) is 19.9 Å². The normalized spacial score (nSPS) is 11.7. The van der Waals surface area contributed by atoms with Gasteiger partial charge in [0.15, 0.2) is 0 Å². The van der Waals surface area contributed by atoms with E-state index in [0.29, 0.717) is 0 Å². The zero-order valence-electron chi connectivity index (χ0n) is 28.5. The van der Waals surface area contributed by atoms with E-state index >= 15 is 0 Å². The summed E-state index contributed by atoms with van der Waals surface area (Å²) in [6.45, 7) is 4.07. The van der Waals surface area contributed by atoms with Crippen molar-refractivity contribution in [3.8, 4) is 54.5 Å². The van der Waals surface area contributed by atoms with Gasteiger partial charge in [-0.15, -0.1) is 22.7 Å². The number of thiazole rings is 2. The Balaban J connectivity index is 1.24. The third-order valence-corrected chi connectivity index (χ3v) is 11.9. The first-order valence-corrected chi connectivity index (χ1v) is 18.9. The van der Waals surface area contributed by atoms with Crippen molar-refractivity contribution < 1.29 is 0 Å². The van der Waals surface area contributed by atoms with Gasteiger partial charge in [-0.2, -0.15) is 0 Å². The molecule has 0 unspecified atom stereocenters. The van der Waals surface area contributed by atoms with Crippen molar-refractivity contribution in [2.45, 2.75) is 13.8 Å². The molecule has 0 aliphatic heterocycles. The first-order valence-electron chi connectivity index (χ1n) is 17.3. The fourth-order valence-electron chi connectivity index (χ4n) is 7.73. The lowest BCUT2D eigenvalue weighted by Crippen LogP contribution is -1.95. The van der Waals surface area contributed by atoms with Crippen molar-refractivity contribution in [2.24, 2.45) is 0 Å². The predicted molar refractivity (Wildman–Crippen MR) is 220 cm³/mol. The standard InChI is InChI=1S/C46H30N4S2/c1-27-47-25-41(51-27)29-19-22-40(50-23-29)44-33-13-5-9-17-37(33)46(38-18-10-6-14-34(38)44)45-35-15-7-3-11-31(35)43(32-12-4-8-16-36(32)45)30-20-21-39(49-24-30)42-26-48-28(2)52-42/h3-26H,1-2H3. The summed E-state index contributed by atoms with van der Waals surface area (Å²) in [5, 5.41) is 11.7. The van der Waals surface area contributed by atoms with E-state index in [9.17, 15) is 0 Å². The van der Waals surface area contributed by atoms with Gasteiger partial charge < -0.3 is 0 Å². The minimum absolute atomic E-state index is 0.945. The Hall–Kier alpha value is -6.08. The molecule has 6 aromatic carbocycles. The maximum atomic E-state index is 5.08. The molecule has 0 saturated carbocycles. The molecular weight excluding hydrogens is 673 g/mol. The fourth-order valence-corrected chi connectivity index (χ4v) is 9.25. The third kappa shape index (κ3) is 4.94. The van der Waals surface area contributed by atoms with Gasteiger partial charge in [0.1, 0.15) is 0 Å². The van der Waals surface area contributed by atoms with Crippen LogP contribution in [0.1, 0.15) is 10.0 Å². The highest BCUT2D eigenvalue weighted by Crippen LogP contribution is 2.49. The largest absolute Gasteiger partial charge is 0.256 e. The molecular formula is C46H30N4S2. The van der Waals surface area contributed by atoms with Crippen LogP contribution in [0, 0.1) is 13.8 Å². The molecule has 0 aliphatic carbocycles. The molecule has 4 aromatic heterocycles. The third-order valence-electron chi connectivity index (χ3n) is 9.96. The lowest BCUT2D eigenvalue weighted by Gasteiger charge is -2.22. The van der Waals surface area contributed by atoms with Crippen LogP contribution < -0.4 is 0 Å². The topological polar surface area (TPSA) is 51.6 Å². The van der Waals surface area contributed by atoms with Crippen molar-refractivity contribution in [2.75, 3.05) is 0 Å². The maximum absolute atomic E-state index is 5.08. The van der Waals surface area contributed by atoms with Gasteiger partial charge in [0.05, 0.1) is 31.2 Å². The fraction of sp³-hybridized carbons (Fsp3) is 0.0435. The Labute approximate surface area is 308 Å². The summed E-state index contributed by atoms with van der Waals surface area (Å²) >= 11 is 3.36. The smallest absolute Gasteiger partial charge is 0.0901 e. The van der Waals surface area contributed by atoms with Crippen LogP contribution in [0.5, 0.6) is 0 Å². The van der Waals surface area contributed by atoms with E-state index in [-0.39, 0.29) is 0 Å². The first kappa shape index (κ1) is 30.7. The van der Waals surface area contributed by atoms with Gasteiger partial charge in [0.2, 0.25) is 0 Å². The molecule has 4 heterocycles. The SMILES string of the molecule is Cc1ncc(-c2ccc(-c3c4ccccc4c(-c4c5ccccc5c(-c5ccc(-c6cnc(C)s6)nc5)c5ccccc45)c4ccccc34)nc2)s1. The number of benzene rings is 6. The van der Waals surface area contributed by atoms with E-state index in [1.165, 1.54) is 59.8 Å². The monoisotopic (exact) mass is 702 g/mol. The molecule has 6 heteroatoms. The van der Waals surface area contributed by atoms with Gasteiger partial charge in [0.25, 0.3) is 0 Å². The zero-order valence-corrected chi connectivity index (χ0v) is 30.1. The van der Waals surface area contributed by atoms with Gasteiger partial charge in [-0.1, -0.05) is 103 Å². The van der Waals surface area contributed by atoms with Gasteiger partial charge in [-0.05, 0) is 91.8 Å². The number of aromatic nitrogens is 4. The van der Waals surface area contributed by atoms with E-state index in [1.54, 1.807) is 22.7 Å². The van der Waals surface area contributed by atoms with Crippen molar-refractivity contribution in [3.63, 3.8) is 0 Å². The number of nitrogens with zero attached hydrogens (tertiary/aromatic N) is 4. The molecule has 0 bridgehead atoms. The minimum atomic E-state index is 0.945. The van der Waals surface area contributed by atoms with Crippen LogP contribution in [0.2, 0.25) is 0 Å². The summed E-state index contributed by atoms with van der Waals surface area (Å²) in [5.41, 5.74) is 8.90. The van der Waals surface area contributed by atoms with E-state index in [4.69, 9.17) is 9.97 Å². The van der Waals surface area contributed by atoms with E-state index in [2.05, 4.69) is 131 Å². The van der Waals surface area contributed by atoms with Crippen LogP contribution in [0.15, 0.2) is 146 Å². The molecule has 0 fully saturated rings. The van der Waals surface area contributed by atoms with Crippen LogP contribution in [0.3, 0.4) is 0 Å². The Bertz CT molecular complexity index is 2660. The lowest BCUT2D eigenvalue weighted by atomic mass is 9.81. The van der Waals surface area contributed by atoms with Crippen molar-refractivity contribution in [3.05, 3.63) is 156 Å². The van der Waals surface area contributed by atoms with Crippen molar-refractivity contribution in [1.29, 1.82) is 0 Å². The summed E-state index contributed by atoms with van der Waals surface area (Å²) in [6.07, 6.45) is 7.85. The second-order valence-electron chi connectivity index (χ2n) is 13.0. The number of aryl methyl sites for hydroxylation is 2. The molecule has 0 saturated heterocycles. The van der Waals surface area contributed by atoms with Crippen LogP contribution in [0.25, 0.3) is 97.6 Å². The highest BCUT2D eigenvalue weighted by atomic mass is 32.1. The first-order chi connectivity index (χ1) is 25.6. The Morgan fingerprint density at radius 2 is 0.712 bits per heavy atom. The van der Waals surface area contributed by atoms with Crippen LogP contribution in [-0.4, -0.2) is 19.9 Å². The minimum Gasteiger partial charge on any atom is -0.256 e. The quantitative estimate of drug-likeness (QED) is 0.168. The van der Waals surface area contributed by atoms with Gasteiger partial charge in [-0.25, -0.2) is 9.97 Å². The number of pyridine rings is 2. The van der Waals surface area contributed by atoms with Gasteiger partial charge in [0, 0.05) is 41.5 Å². The van der Waals surface area contributed by atoms with E-state index in [0.717, 1.165) is 47.8 Å². The van der Waals surface area contributed by atoms with Crippen LogP contribution in [-0.2, 0) is 0 Å². The van der Waals surface area contributed by atoms with Crippen molar-refractivity contribution >= 4 is 65.8 Å². The lowest BCUT2D eigenvalue weighted by molar-refractivity contribution is 1.29. The summed E-state index contributed by atoms with van der Waals surface area (Å²) in [6, 6.07) is 44.0. The van der Waals surface area contributed by atoms with Gasteiger partial charge >= 0.3 is 0 Å². The second kappa shape index (κ2) is 12.3. The molecule has 52 heavy (non-hydrogen) atoms. The molecule has 0 aliphatic rings. The number of hydrogen-bond donors (Lipinski definition) is 0. The maximum Gasteiger partial charge on any atom is 0.0901 e. The van der Waals surface area contributed by atoms with Gasteiger partial charge in [-0.3, -0.25) is 9.97 Å². The molecule has 0 spiro atoms. The molecule has 10 rings (SSSR count). The molecule has 4 nitrogen and oxygen atoms in total. The summed E-state index contributed by atoms with van der Waals surface area (Å²) in [5.74, 6) is 0. The molecule has 0 radical (unpaired) electrons. The summed E-state index contributed by atoms with van der Waals surface area (Å²) < 4.78 is 0. The highest BCUT2D eigenvalue weighted by molar-refractivity contribution is 7.15. The van der Waals surface area contributed by atoms with Crippen LogP contribution in [0.4, 0.5) is 0 Å². The van der Waals surface area contributed by atoms with E-state index < -0.39 is 0 Å². The average molecular weight is 703 g/mol. The highest BCUT2D eigenvalue weighted by Gasteiger charge is 2.23. The summed E-state index contributed by atoms with van der Waals surface area (Å²) in [7, 11) is 0.